The smallest absolute Gasteiger partial charge is 0.373 e. The minimum atomic E-state index is -0.735. The van der Waals surface area contributed by atoms with Crippen LogP contribution in [0, 0.1) is 25.6 Å². The monoisotopic (exact) mass is 802 g/mol. The zero-order valence-electron chi connectivity index (χ0n) is 31.0. The molecule has 0 aliphatic carbocycles. The van der Waals surface area contributed by atoms with Crippen molar-refractivity contribution in [1.82, 2.24) is 25.8 Å². The Morgan fingerprint density at radius 1 is 0.768 bits per heavy atom. The van der Waals surface area contributed by atoms with Gasteiger partial charge in [0.1, 0.15) is 17.2 Å². The highest BCUT2D eigenvalue weighted by molar-refractivity contribution is 6.43. The van der Waals surface area contributed by atoms with Gasteiger partial charge in [0.25, 0.3) is 11.8 Å². The summed E-state index contributed by atoms with van der Waals surface area (Å²) >= 11 is 0. The highest BCUT2D eigenvalue weighted by Gasteiger charge is 2.22. The average molecular weight is 802 g/mol. The number of rotatable bonds is 12. The lowest BCUT2D eigenvalue weighted by Crippen LogP contribution is -2.49. The summed E-state index contributed by atoms with van der Waals surface area (Å²) in [6.45, 7) is 18.7. The van der Waals surface area contributed by atoms with Crippen LogP contribution in [0.2, 0.25) is 0 Å². The highest BCUT2D eigenvalue weighted by atomic mass is 16.6. The Labute approximate surface area is 333 Å². The van der Waals surface area contributed by atoms with E-state index in [4.69, 9.17) is 32.2 Å². The van der Waals surface area contributed by atoms with Crippen molar-refractivity contribution in [2.24, 2.45) is 27.2 Å². The summed E-state index contributed by atoms with van der Waals surface area (Å²) in [5.41, 5.74) is 16.8. The number of nitrogens with two attached hydrogens (primary N) is 3. The van der Waals surface area contributed by atoms with Crippen molar-refractivity contribution in [2.45, 2.75) is 103 Å². The van der Waals surface area contributed by atoms with Gasteiger partial charge in [0, 0.05) is 82.3 Å². The molecular formula is C35H71N13O8. The molecule has 0 bridgehead atoms. The van der Waals surface area contributed by atoms with Gasteiger partial charge in [0.05, 0.1) is 12.2 Å². The molecule has 0 unspecified atom stereocenters. The van der Waals surface area contributed by atoms with E-state index in [1.54, 1.807) is 23.6 Å². The Bertz CT molecular complexity index is 1370. The van der Waals surface area contributed by atoms with Crippen molar-refractivity contribution in [2.75, 3.05) is 52.4 Å². The third kappa shape index (κ3) is 29.9. The lowest BCUT2D eigenvalue weighted by Gasteiger charge is -2.29. The van der Waals surface area contributed by atoms with Crippen LogP contribution in [-0.2, 0) is 19.2 Å². The van der Waals surface area contributed by atoms with Crippen molar-refractivity contribution in [3.63, 3.8) is 0 Å². The molecule has 2 rings (SSSR count). The van der Waals surface area contributed by atoms with E-state index in [1.807, 2.05) is 34.6 Å². The average Bonchev–Trinajstić information content (AvgIpc) is 3.07. The molecule has 2 aliphatic heterocycles. The summed E-state index contributed by atoms with van der Waals surface area (Å²) in [6.07, 6.45) is 4.61. The molecule has 0 radical (unpaired) electrons. The van der Waals surface area contributed by atoms with Crippen molar-refractivity contribution in [3.8, 4) is 0 Å². The molecule has 324 valence electrons. The minimum absolute atomic E-state index is 0. The molecule has 0 aromatic heterocycles. The first-order valence-electron chi connectivity index (χ1n) is 16.5. The second-order valence-corrected chi connectivity index (χ2v) is 11.8. The number of aliphatic imine (C=N–C) groups is 2. The molecule has 2 amide bonds. The van der Waals surface area contributed by atoms with Gasteiger partial charge in [-0.25, -0.2) is 0 Å². The van der Waals surface area contributed by atoms with Gasteiger partial charge in [-0.1, -0.05) is 36.6 Å². The second kappa shape index (κ2) is 35.2. The van der Waals surface area contributed by atoms with E-state index in [2.05, 4.69) is 25.9 Å². The molecule has 2 heterocycles. The fourth-order valence-electron chi connectivity index (χ4n) is 4.11. The third-order valence-electron chi connectivity index (χ3n) is 6.21. The first kappa shape index (κ1) is 62.5. The predicted molar refractivity (Wildman–Crippen MR) is 223 cm³/mol. The number of nitro groups is 2. The third-order valence-corrected chi connectivity index (χ3v) is 6.21. The maximum Gasteiger partial charge on any atom is 0.373 e. The normalized spacial score (nSPS) is 14.5. The number of carbonyl (C=O) groups excluding carboxylic acids is 4. The van der Waals surface area contributed by atoms with E-state index in [0.717, 1.165) is 19.2 Å². The Morgan fingerprint density at radius 3 is 1.46 bits per heavy atom. The number of nitrogens with one attached hydrogen (secondary N) is 4. The van der Waals surface area contributed by atoms with Crippen LogP contribution in [0.5, 0.6) is 0 Å². The number of nitrogens with zero attached hydrogens (tertiary/aromatic N) is 6. The quantitative estimate of drug-likeness (QED) is 0.0487. The van der Waals surface area contributed by atoms with E-state index >= 15 is 0 Å². The topological polar surface area (TPSA) is 324 Å². The molecule has 56 heavy (non-hydrogen) atoms. The van der Waals surface area contributed by atoms with E-state index in [0.29, 0.717) is 57.1 Å². The molecule has 21 heteroatoms. The highest BCUT2D eigenvalue weighted by Crippen LogP contribution is 2.04. The maximum absolute atomic E-state index is 12.2. The van der Waals surface area contributed by atoms with Gasteiger partial charge in [0.2, 0.25) is 0 Å². The lowest BCUT2D eigenvalue weighted by atomic mass is 10.2. The van der Waals surface area contributed by atoms with Crippen LogP contribution < -0.4 is 33.2 Å². The number of allylic oxidation sites excluding steroid dienone is 1. The van der Waals surface area contributed by atoms with Crippen molar-refractivity contribution < 1.29 is 29.0 Å². The molecule has 0 atom stereocenters. The standard InChI is InChI=1S/C11H19N5O3.C11H21N5O.C8H15N3O2.CO2.4CH4/c1-8(2)14-9(7-10(12)16(18)19)11(17)15-5-3-13-4-6-15;1-8(2)15-9(7-10(12)13)11(17)16-5-3-14-4-6-16;1-4-7(10-6(2)3)5-8(9)11(12)13;2-1-3;;;;/h7-8,13H,3-6,12H2,1-2H3;7-8,14-15H,3-6H2,1-2H3,(H3,12,13);5-6H,4,9H2,1-3H3;;4*1H4/b;9-7-;;;;;;. The molecule has 21 nitrogen and oxygen atoms in total. The summed E-state index contributed by atoms with van der Waals surface area (Å²) in [7, 11) is 0. The molecule has 0 spiro atoms. The van der Waals surface area contributed by atoms with E-state index in [1.165, 1.54) is 12.2 Å². The molecule has 0 saturated carbocycles. The summed E-state index contributed by atoms with van der Waals surface area (Å²) in [4.78, 5) is 71.7. The molecule has 2 fully saturated rings. The molecule has 10 N–H and O–H groups in total. The van der Waals surface area contributed by atoms with Gasteiger partial charge >= 0.3 is 17.8 Å². The van der Waals surface area contributed by atoms with Gasteiger partial charge in [-0.2, -0.15) is 9.59 Å². The van der Waals surface area contributed by atoms with Gasteiger partial charge in [0.15, 0.2) is 0 Å². The molecule has 2 saturated heterocycles. The van der Waals surface area contributed by atoms with Gasteiger partial charge in [-0.15, -0.1) is 0 Å². The first-order chi connectivity index (χ1) is 24.3. The number of hydrogen-bond donors (Lipinski definition) is 7. The lowest BCUT2D eigenvalue weighted by molar-refractivity contribution is -0.426. The Morgan fingerprint density at radius 2 is 1.14 bits per heavy atom. The van der Waals surface area contributed by atoms with Gasteiger partial charge in [-0.05, 0) is 57.8 Å². The van der Waals surface area contributed by atoms with Crippen LogP contribution in [0.4, 0.5) is 0 Å². The van der Waals surface area contributed by atoms with Crippen molar-refractivity contribution in [1.29, 1.82) is 5.41 Å². The maximum atomic E-state index is 12.2. The van der Waals surface area contributed by atoms with Crippen LogP contribution in [0.3, 0.4) is 0 Å². The fraction of sp³-hybridized carbons (Fsp3) is 0.657. The fourth-order valence-corrected chi connectivity index (χ4v) is 4.11. The van der Waals surface area contributed by atoms with Crippen LogP contribution >= 0.6 is 0 Å². The van der Waals surface area contributed by atoms with Crippen LogP contribution in [0.25, 0.3) is 0 Å². The summed E-state index contributed by atoms with van der Waals surface area (Å²) in [5.74, 6) is -1.46. The zero-order valence-corrected chi connectivity index (χ0v) is 31.0. The van der Waals surface area contributed by atoms with E-state index in [-0.39, 0.29) is 83.2 Å². The first-order valence-corrected chi connectivity index (χ1v) is 16.5. The Hall–Kier alpha value is -5.53. The van der Waals surface area contributed by atoms with Crippen LogP contribution in [0.1, 0.15) is 84.6 Å². The Kier molecular flexibility index (Phi) is 39.2. The largest absolute Gasteiger partial charge is 0.384 e. The van der Waals surface area contributed by atoms with E-state index < -0.39 is 15.7 Å². The second-order valence-electron chi connectivity index (χ2n) is 11.8. The van der Waals surface area contributed by atoms with Gasteiger partial charge in [-0.3, -0.25) is 36.5 Å². The summed E-state index contributed by atoms with van der Waals surface area (Å²) in [5, 5.41) is 37.3. The summed E-state index contributed by atoms with van der Waals surface area (Å²) in [6, 6.07) is 0.121. The predicted octanol–water partition coefficient (Wildman–Crippen LogP) is 1.86. The SMILES string of the molecule is C.C.C.C.CC(C)N/C(=C\C(=N)N)C(=O)N1CCNCC1.CC(C)N=C(C=C(N)[N+](=O)[O-])C(=O)N1CCNCC1.CCC(C=C(N)[N+](=O)[O-])=NC(C)C.O=C=O. The molecule has 0 aromatic rings. The molecule has 0 aromatic carbocycles. The van der Waals surface area contributed by atoms with Crippen LogP contribution in [-0.4, -0.2) is 125 Å². The number of amidine groups is 1. The number of piperazine rings is 2. The van der Waals surface area contributed by atoms with Crippen molar-refractivity contribution in [3.05, 3.63) is 55.8 Å². The van der Waals surface area contributed by atoms with Crippen LogP contribution in [0.15, 0.2) is 45.6 Å². The van der Waals surface area contributed by atoms with Crippen molar-refractivity contribution >= 4 is 35.2 Å². The molecule has 2 aliphatic rings. The zero-order chi connectivity index (χ0) is 40.4. The van der Waals surface area contributed by atoms with Gasteiger partial charge < -0.3 is 51.7 Å². The van der Waals surface area contributed by atoms with E-state index in [9.17, 15) is 29.8 Å². The number of hydrogen-bond acceptors (Lipinski definition) is 16. The minimum Gasteiger partial charge on any atom is -0.384 e. The number of amides is 2. The number of carbonyl (C=O) groups is 2. The summed E-state index contributed by atoms with van der Waals surface area (Å²) < 4.78 is 0. The molecular weight excluding hydrogens is 730 g/mol. The Balaban J connectivity index is -0.000000158.